The van der Waals surface area contributed by atoms with Crippen molar-refractivity contribution in [3.63, 3.8) is 0 Å². The van der Waals surface area contributed by atoms with Gasteiger partial charge in [0.15, 0.2) is 6.10 Å². The molecule has 0 radical (unpaired) electrons. The third kappa shape index (κ3) is 2.01. The number of hydrogen-bond donors (Lipinski definition) is 2. The summed E-state index contributed by atoms with van der Waals surface area (Å²) < 4.78 is 0. The number of nitrogens with zero attached hydrogens (tertiary/aromatic N) is 2. The number of H-pyrrole nitrogens is 1. The minimum absolute atomic E-state index is 0.224. The highest BCUT2D eigenvalue weighted by Gasteiger charge is 2.15. The highest BCUT2D eigenvalue weighted by atomic mass is 16.6. The van der Waals surface area contributed by atoms with Crippen molar-refractivity contribution in [2.45, 2.75) is 6.10 Å². The standard InChI is InChI=1S/C5H7N3O3/c9-4(3-8(10)11)5-6-1-2-7-5/h1-2,4,9H,3H2,(H,6,7). The molecule has 6 nitrogen and oxygen atoms in total. The van der Waals surface area contributed by atoms with E-state index in [-0.39, 0.29) is 5.82 Å². The zero-order chi connectivity index (χ0) is 8.27. The van der Waals surface area contributed by atoms with E-state index in [2.05, 4.69) is 9.97 Å². The van der Waals surface area contributed by atoms with Crippen LogP contribution in [-0.2, 0) is 0 Å². The molecule has 60 valence electrons. The van der Waals surface area contributed by atoms with Crippen LogP contribution in [0.25, 0.3) is 0 Å². The molecule has 0 aliphatic rings. The summed E-state index contributed by atoms with van der Waals surface area (Å²) in [5.74, 6) is 0.224. The van der Waals surface area contributed by atoms with Crippen LogP contribution in [0.4, 0.5) is 0 Å². The molecule has 1 rings (SSSR count). The monoisotopic (exact) mass is 157 g/mol. The lowest BCUT2D eigenvalue weighted by molar-refractivity contribution is -0.491. The minimum Gasteiger partial charge on any atom is -0.379 e. The first-order valence-electron chi connectivity index (χ1n) is 2.99. The number of aromatic nitrogens is 2. The number of aromatic amines is 1. The topological polar surface area (TPSA) is 92.1 Å². The zero-order valence-electron chi connectivity index (χ0n) is 5.60. The third-order valence-corrected chi connectivity index (χ3v) is 1.16. The van der Waals surface area contributed by atoms with Crippen LogP contribution in [0, 0.1) is 10.1 Å². The van der Waals surface area contributed by atoms with Crippen LogP contribution >= 0.6 is 0 Å². The Labute approximate surface area is 62.0 Å². The van der Waals surface area contributed by atoms with Crippen molar-refractivity contribution in [3.05, 3.63) is 28.3 Å². The Balaban J connectivity index is 2.56. The smallest absolute Gasteiger partial charge is 0.236 e. The molecule has 0 saturated heterocycles. The fourth-order valence-corrected chi connectivity index (χ4v) is 0.687. The zero-order valence-corrected chi connectivity index (χ0v) is 5.60. The molecule has 0 aliphatic carbocycles. The molecule has 0 aromatic carbocycles. The van der Waals surface area contributed by atoms with Gasteiger partial charge >= 0.3 is 0 Å². The summed E-state index contributed by atoms with van der Waals surface area (Å²) in [6.07, 6.45) is 1.79. The number of nitro groups is 1. The van der Waals surface area contributed by atoms with Gasteiger partial charge in [0, 0.05) is 17.3 Å². The summed E-state index contributed by atoms with van der Waals surface area (Å²) in [5, 5.41) is 19.0. The number of aliphatic hydroxyl groups excluding tert-OH is 1. The number of nitrogens with one attached hydrogen (secondary N) is 1. The maximum atomic E-state index is 9.91. The van der Waals surface area contributed by atoms with E-state index in [1.54, 1.807) is 0 Å². The maximum Gasteiger partial charge on any atom is 0.236 e. The Kier molecular flexibility index (Phi) is 2.17. The average molecular weight is 157 g/mol. The van der Waals surface area contributed by atoms with Crippen molar-refractivity contribution in [2.75, 3.05) is 6.54 Å². The van der Waals surface area contributed by atoms with E-state index in [0.717, 1.165) is 0 Å². The molecule has 11 heavy (non-hydrogen) atoms. The van der Waals surface area contributed by atoms with Crippen molar-refractivity contribution >= 4 is 0 Å². The number of rotatable bonds is 3. The normalized spacial score (nSPS) is 12.8. The molecule has 1 heterocycles. The van der Waals surface area contributed by atoms with Crippen molar-refractivity contribution < 1.29 is 10.0 Å². The Bertz CT molecular complexity index is 233. The van der Waals surface area contributed by atoms with Gasteiger partial charge in [0.05, 0.1) is 0 Å². The Morgan fingerprint density at radius 1 is 1.91 bits per heavy atom. The van der Waals surface area contributed by atoms with Gasteiger partial charge in [-0.25, -0.2) is 4.98 Å². The first-order valence-corrected chi connectivity index (χ1v) is 2.99. The summed E-state index contributed by atoms with van der Waals surface area (Å²) in [4.78, 5) is 15.6. The lowest BCUT2D eigenvalue weighted by Crippen LogP contribution is -2.12. The fourth-order valence-electron chi connectivity index (χ4n) is 0.687. The molecule has 0 aliphatic heterocycles. The number of imidazole rings is 1. The molecule has 1 unspecified atom stereocenters. The molecule has 1 aromatic heterocycles. The minimum atomic E-state index is -1.14. The van der Waals surface area contributed by atoms with Crippen LogP contribution in [0.1, 0.15) is 11.9 Å². The summed E-state index contributed by atoms with van der Waals surface area (Å²) in [5.41, 5.74) is 0. The molecule has 0 spiro atoms. The molecule has 0 fully saturated rings. The molecule has 1 aromatic rings. The molecule has 0 saturated carbocycles. The van der Waals surface area contributed by atoms with E-state index in [0.29, 0.717) is 0 Å². The first-order chi connectivity index (χ1) is 5.20. The molecule has 2 N–H and O–H groups in total. The van der Waals surface area contributed by atoms with Crippen LogP contribution < -0.4 is 0 Å². The molecule has 0 bridgehead atoms. The van der Waals surface area contributed by atoms with E-state index >= 15 is 0 Å². The van der Waals surface area contributed by atoms with Gasteiger partial charge in [-0.1, -0.05) is 0 Å². The van der Waals surface area contributed by atoms with Gasteiger partial charge < -0.3 is 10.1 Å². The molecule has 1 atom stereocenters. The van der Waals surface area contributed by atoms with E-state index in [4.69, 9.17) is 5.11 Å². The summed E-state index contributed by atoms with van der Waals surface area (Å²) in [6, 6.07) is 0. The molecular weight excluding hydrogens is 150 g/mol. The van der Waals surface area contributed by atoms with Crippen LogP contribution in [0.5, 0.6) is 0 Å². The average Bonchev–Trinajstić information content (AvgIpc) is 2.35. The van der Waals surface area contributed by atoms with E-state index in [1.807, 2.05) is 0 Å². The lowest BCUT2D eigenvalue weighted by Gasteiger charge is -1.99. The van der Waals surface area contributed by atoms with Crippen LogP contribution in [0.15, 0.2) is 12.4 Å². The van der Waals surface area contributed by atoms with E-state index < -0.39 is 17.6 Å². The molecule has 0 amide bonds. The lowest BCUT2D eigenvalue weighted by atomic mass is 10.3. The summed E-state index contributed by atoms with van der Waals surface area (Å²) in [6.45, 7) is -0.520. The number of aliphatic hydroxyl groups is 1. The van der Waals surface area contributed by atoms with Crippen molar-refractivity contribution in [1.82, 2.24) is 9.97 Å². The van der Waals surface area contributed by atoms with Gasteiger partial charge in [-0.2, -0.15) is 0 Å². The van der Waals surface area contributed by atoms with Gasteiger partial charge in [0.25, 0.3) is 0 Å². The third-order valence-electron chi connectivity index (χ3n) is 1.16. The van der Waals surface area contributed by atoms with Gasteiger partial charge in [-0.05, 0) is 0 Å². The van der Waals surface area contributed by atoms with Gasteiger partial charge in [-0.3, -0.25) is 10.1 Å². The predicted molar refractivity (Wildman–Crippen MR) is 35.4 cm³/mol. The second kappa shape index (κ2) is 3.11. The molecular formula is C5H7N3O3. The highest BCUT2D eigenvalue weighted by Crippen LogP contribution is 2.05. The quantitative estimate of drug-likeness (QED) is 0.466. The van der Waals surface area contributed by atoms with Gasteiger partial charge in [0.2, 0.25) is 6.54 Å². The predicted octanol–water partition coefficient (Wildman–Crippen LogP) is -0.280. The van der Waals surface area contributed by atoms with Crippen LogP contribution in [0.2, 0.25) is 0 Å². The van der Waals surface area contributed by atoms with Crippen LogP contribution in [-0.4, -0.2) is 26.5 Å². The van der Waals surface area contributed by atoms with E-state index in [1.165, 1.54) is 12.4 Å². The summed E-state index contributed by atoms with van der Waals surface area (Å²) >= 11 is 0. The van der Waals surface area contributed by atoms with Crippen molar-refractivity contribution in [3.8, 4) is 0 Å². The maximum absolute atomic E-state index is 9.91. The molecule has 6 heteroatoms. The SMILES string of the molecule is O=[N+]([O-])CC(O)c1ncc[nH]1. The van der Waals surface area contributed by atoms with Gasteiger partial charge in [0.1, 0.15) is 5.82 Å². The summed E-state index contributed by atoms with van der Waals surface area (Å²) in [7, 11) is 0. The Hall–Kier alpha value is -1.43. The Morgan fingerprint density at radius 3 is 3.09 bits per heavy atom. The first kappa shape index (κ1) is 7.67. The van der Waals surface area contributed by atoms with Crippen molar-refractivity contribution in [1.29, 1.82) is 0 Å². The largest absolute Gasteiger partial charge is 0.379 e. The van der Waals surface area contributed by atoms with E-state index in [9.17, 15) is 10.1 Å². The van der Waals surface area contributed by atoms with Crippen molar-refractivity contribution in [2.24, 2.45) is 0 Å². The highest BCUT2D eigenvalue weighted by molar-refractivity contribution is 4.91. The second-order valence-corrected chi connectivity index (χ2v) is 2.01. The van der Waals surface area contributed by atoms with Gasteiger partial charge in [-0.15, -0.1) is 0 Å². The number of hydrogen-bond acceptors (Lipinski definition) is 4. The van der Waals surface area contributed by atoms with Crippen LogP contribution in [0.3, 0.4) is 0 Å². The Morgan fingerprint density at radius 2 is 2.64 bits per heavy atom. The second-order valence-electron chi connectivity index (χ2n) is 2.01. The fraction of sp³-hybridized carbons (Fsp3) is 0.400.